The minimum Gasteiger partial charge on any atom is -0.507 e. The van der Waals surface area contributed by atoms with Crippen molar-refractivity contribution in [1.29, 1.82) is 0 Å². The first-order chi connectivity index (χ1) is 8.87. The van der Waals surface area contributed by atoms with Gasteiger partial charge in [0.05, 0.1) is 12.7 Å². The largest absolute Gasteiger partial charge is 0.507 e. The van der Waals surface area contributed by atoms with E-state index in [1.807, 2.05) is 0 Å². The quantitative estimate of drug-likeness (QED) is 0.776. The number of nitrogens with zero attached hydrogens (tertiary/aromatic N) is 1. The molecule has 19 heavy (non-hydrogen) atoms. The number of methoxy groups -OCH3 is 1. The second kappa shape index (κ2) is 4.65. The molecule has 1 aliphatic heterocycles. The van der Waals surface area contributed by atoms with Crippen LogP contribution in [0.2, 0.25) is 0 Å². The lowest BCUT2D eigenvalue weighted by Gasteiger charge is -2.11. The van der Waals surface area contributed by atoms with Gasteiger partial charge in [-0.05, 0) is 13.0 Å². The number of carboxylic acid groups (broad SMARTS) is 1. The molecule has 0 spiro atoms. The lowest BCUT2D eigenvalue weighted by molar-refractivity contribution is -0.141. The predicted molar refractivity (Wildman–Crippen MR) is 71.4 cm³/mol. The van der Waals surface area contributed by atoms with Crippen LogP contribution in [0.25, 0.3) is 0 Å². The van der Waals surface area contributed by atoms with Crippen LogP contribution in [0.15, 0.2) is 17.1 Å². The van der Waals surface area contributed by atoms with Gasteiger partial charge in [0.1, 0.15) is 10.8 Å². The summed E-state index contributed by atoms with van der Waals surface area (Å²) in [6.45, 7) is 1.52. The summed E-state index contributed by atoms with van der Waals surface area (Å²) in [6, 6.07) is 2.58. The van der Waals surface area contributed by atoms with Gasteiger partial charge in [-0.1, -0.05) is 0 Å². The van der Waals surface area contributed by atoms with E-state index < -0.39 is 11.5 Å². The maximum absolute atomic E-state index is 11.1. The van der Waals surface area contributed by atoms with Gasteiger partial charge in [-0.2, -0.15) is 0 Å². The van der Waals surface area contributed by atoms with Crippen molar-refractivity contribution in [2.75, 3.05) is 12.9 Å². The van der Waals surface area contributed by atoms with Gasteiger partial charge in [0, 0.05) is 11.8 Å². The van der Waals surface area contributed by atoms with E-state index in [0.717, 1.165) is 6.07 Å². The second-order valence-corrected chi connectivity index (χ2v) is 5.29. The van der Waals surface area contributed by atoms with E-state index in [4.69, 9.17) is 9.84 Å². The molecule has 0 saturated heterocycles. The number of phenolic OH excluding ortho intramolecular Hbond substituents is 2. The van der Waals surface area contributed by atoms with E-state index in [0.29, 0.717) is 16.4 Å². The molecule has 0 unspecified atom stereocenters. The van der Waals surface area contributed by atoms with Crippen molar-refractivity contribution in [2.45, 2.75) is 12.5 Å². The molecule has 102 valence electrons. The first kappa shape index (κ1) is 13.5. The number of ether oxygens (including phenoxy) is 1. The SMILES string of the molecule is COc1cc(C2=N[C@@](C)(C(=O)O)CS2)c(O)cc1O. The normalized spacial score (nSPS) is 22.1. The number of thioether (sulfide) groups is 1. The molecule has 6 nitrogen and oxygen atoms in total. The highest BCUT2D eigenvalue weighted by Crippen LogP contribution is 2.39. The summed E-state index contributed by atoms with van der Waals surface area (Å²) in [5.74, 6) is -0.881. The number of aliphatic carboxylic acids is 1. The van der Waals surface area contributed by atoms with Gasteiger partial charge in [-0.15, -0.1) is 11.8 Å². The molecule has 1 aromatic rings. The maximum atomic E-state index is 11.1. The molecule has 1 atom stereocenters. The highest BCUT2D eigenvalue weighted by Gasteiger charge is 2.39. The van der Waals surface area contributed by atoms with E-state index in [-0.39, 0.29) is 17.2 Å². The zero-order valence-electron chi connectivity index (χ0n) is 10.4. The van der Waals surface area contributed by atoms with Crippen LogP contribution < -0.4 is 4.74 Å². The smallest absolute Gasteiger partial charge is 0.332 e. The van der Waals surface area contributed by atoms with Gasteiger partial charge in [-0.3, -0.25) is 4.99 Å². The zero-order chi connectivity index (χ0) is 14.2. The third-order valence-corrected chi connectivity index (χ3v) is 4.12. The summed E-state index contributed by atoms with van der Waals surface area (Å²) in [7, 11) is 1.39. The Morgan fingerprint density at radius 2 is 2.11 bits per heavy atom. The van der Waals surface area contributed by atoms with Crippen LogP contribution in [-0.4, -0.2) is 44.7 Å². The third kappa shape index (κ3) is 2.33. The fourth-order valence-electron chi connectivity index (χ4n) is 1.64. The molecule has 3 N–H and O–H groups in total. The number of aromatic hydroxyl groups is 2. The van der Waals surface area contributed by atoms with Gasteiger partial charge in [-0.25, -0.2) is 4.79 Å². The number of hydrogen-bond acceptors (Lipinski definition) is 6. The molecule has 1 aromatic carbocycles. The van der Waals surface area contributed by atoms with Crippen LogP contribution in [0.1, 0.15) is 12.5 Å². The van der Waals surface area contributed by atoms with Crippen LogP contribution >= 0.6 is 11.8 Å². The van der Waals surface area contributed by atoms with Crippen molar-refractivity contribution < 1.29 is 24.9 Å². The van der Waals surface area contributed by atoms with Crippen molar-refractivity contribution in [1.82, 2.24) is 0 Å². The van der Waals surface area contributed by atoms with Gasteiger partial charge >= 0.3 is 5.97 Å². The van der Waals surface area contributed by atoms with E-state index in [1.54, 1.807) is 0 Å². The van der Waals surface area contributed by atoms with Crippen molar-refractivity contribution >= 4 is 22.8 Å². The standard InChI is InChI=1S/C12H13NO5S/c1-12(11(16)17)5-19-10(13-12)6-3-9(18-2)8(15)4-7(6)14/h3-4,14-15H,5H2,1-2H3,(H,16,17)/t12-/m1/s1. The highest BCUT2D eigenvalue weighted by atomic mass is 32.2. The lowest BCUT2D eigenvalue weighted by atomic mass is 10.1. The Hall–Kier alpha value is -1.89. The number of carboxylic acids is 1. The zero-order valence-corrected chi connectivity index (χ0v) is 11.2. The number of aliphatic imine (C=N–C) groups is 1. The van der Waals surface area contributed by atoms with Crippen LogP contribution in [0.3, 0.4) is 0 Å². The number of hydrogen-bond donors (Lipinski definition) is 3. The number of phenols is 2. The molecule has 0 amide bonds. The molecule has 1 heterocycles. The van der Waals surface area contributed by atoms with Crippen LogP contribution in [-0.2, 0) is 4.79 Å². The number of rotatable bonds is 3. The molecule has 0 aromatic heterocycles. The van der Waals surface area contributed by atoms with E-state index in [2.05, 4.69) is 4.99 Å². The summed E-state index contributed by atoms with van der Waals surface area (Å²) in [5, 5.41) is 28.9. The molecule has 1 aliphatic rings. The van der Waals surface area contributed by atoms with Crippen LogP contribution in [0, 0.1) is 0 Å². The average Bonchev–Trinajstić information content (AvgIpc) is 2.73. The van der Waals surface area contributed by atoms with Gasteiger partial charge in [0.2, 0.25) is 0 Å². The summed E-state index contributed by atoms with van der Waals surface area (Å²) in [6.07, 6.45) is 0. The summed E-state index contributed by atoms with van der Waals surface area (Å²) in [4.78, 5) is 15.3. The van der Waals surface area contributed by atoms with E-state index >= 15 is 0 Å². The van der Waals surface area contributed by atoms with Gasteiger partial charge in [0.15, 0.2) is 17.0 Å². The molecular weight excluding hydrogens is 270 g/mol. The minimum atomic E-state index is -1.20. The summed E-state index contributed by atoms with van der Waals surface area (Å²) >= 11 is 1.24. The molecule has 2 rings (SSSR count). The number of carbonyl (C=O) groups is 1. The minimum absolute atomic E-state index is 0.167. The molecule has 7 heteroatoms. The van der Waals surface area contributed by atoms with Gasteiger partial charge < -0.3 is 20.1 Å². The summed E-state index contributed by atoms with van der Waals surface area (Å²) < 4.78 is 4.96. The fourth-order valence-corrected chi connectivity index (χ4v) is 2.83. The van der Waals surface area contributed by atoms with E-state index in [9.17, 15) is 15.0 Å². The average molecular weight is 283 g/mol. The van der Waals surface area contributed by atoms with Crippen LogP contribution in [0.4, 0.5) is 0 Å². The summed E-state index contributed by atoms with van der Waals surface area (Å²) in [5.41, 5.74) is -0.845. The second-order valence-electron chi connectivity index (χ2n) is 4.33. The van der Waals surface area contributed by atoms with Crippen molar-refractivity contribution in [3.05, 3.63) is 17.7 Å². The Morgan fingerprint density at radius 1 is 1.42 bits per heavy atom. The Balaban J connectivity index is 2.47. The maximum Gasteiger partial charge on any atom is 0.332 e. The molecule has 0 saturated carbocycles. The Bertz CT molecular complexity index is 571. The van der Waals surface area contributed by atoms with Crippen molar-refractivity contribution in [3.63, 3.8) is 0 Å². The predicted octanol–water partition coefficient (Wildman–Crippen LogP) is 1.44. The Morgan fingerprint density at radius 3 is 2.63 bits per heavy atom. The lowest BCUT2D eigenvalue weighted by Crippen LogP contribution is -2.33. The molecule has 0 fully saturated rings. The first-order valence-electron chi connectivity index (χ1n) is 5.44. The molecule has 0 aliphatic carbocycles. The Labute approximate surface area is 113 Å². The first-order valence-corrected chi connectivity index (χ1v) is 6.42. The van der Waals surface area contributed by atoms with Gasteiger partial charge in [0.25, 0.3) is 0 Å². The molecule has 0 bridgehead atoms. The molecule has 0 radical (unpaired) electrons. The number of benzene rings is 1. The van der Waals surface area contributed by atoms with Crippen molar-refractivity contribution in [2.24, 2.45) is 4.99 Å². The van der Waals surface area contributed by atoms with E-state index in [1.165, 1.54) is 31.9 Å². The highest BCUT2D eigenvalue weighted by molar-refractivity contribution is 8.14. The topological polar surface area (TPSA) is 99.4 Å². The van der Waals surface area contributed by atoms with Crippen LogP contribution in [0.5, 0.6) is 17.2 Å². The monoisotopic (exact) mass is 283 g/mol. The van der Waals surface area contributed by atoms with Crippen molar-refractivity contribution in [3.8, 4) is 17.2 Å². The fraction of sp³-hybridized carbons (Fsp3) is 0.333. The Kier molecular flexibility index (Phi) is 3.32. The molecular formula is C12H13NO5S. The third-order valence-electron chi connectivity index (χ3n) is 2.83.